The molecule has 1 unspecified atom stereocenters. The summed E-state index contributed by atoms with van der Waals surface area (Å²) in [5.74, 6) is 0.249. The molecule has 23 heavy (non-hydrogen) atoms. The molecule has 0 N–H and O–H groups in total. The minimum Gasteiger partial charge on any atom is -0.412 e. The van der Waals surface area contributed by atoms with Crippen LogP contribution in [0.2, 0.25) is 0 Å². The molecule has 1 aromatic heterocycles. The predicted molar refractivity (Wildman–Crippen MR) is 98.2 cm³/mol. The first-order valence-electron chi connectivity index (χ1n) is 7.68. The number of allylic oxidation sites excluding steroid dienone is 1. The van der Waals surface area contributed by atoms with Crippen LogP contribution in [0.25, 0.3) is 10.8 Å². The molecule has 0 fully saturated rings. The normalized spacial score (nSPS) is 12.0. The summed E-state index contributed by atoms with van der Waals surface area (Å²) in [6.45, 7) is 4.44. The topological polar surface area (TPSA) is 14.2 Å². The number of pyridine rings is 1. The van der Waals surface area contributed by atoms with E-state index in [1.54, 1.807) is 4.73 Å². The Balaban J connectivity index is 1.83. The van der Waals surface area contributed by atoms with Gasteiger partial charge in [-0.3, -0.25) is 0 Å². The van der Waals surface area contributed by atoms with Crippen LogP contribution in [0.1, 0.15) is 17.9 Å². The molecular formula is C20H19NOS. The molecule has 3 aromatic rings. The van der Waals surface area contributed by atoms with E-state index in [-0.39, 0.29) is 5.92 Å². The van der Waals surface area contributed by atoms with Gasteiger partial charge in [0.15, 0.2) is 0 Å². The standard InChI is InChI=1S/C20H19NOS/c1-2-7-19(15-22-21-13-6-5-10-20(21)23)18-12-11-16-8-3-4-9-17(16)14-18/h2-6,8-14,19H,1,7,15H2. The van der Waals surface area contributed by atoms with Gasteiger partial charge in [0.2, 0.25) is 0 Å². The van der Waals surface area contributed by atoms with E-state index in [9.17, 15) is 0 Å². The minimum absolute atomic E-state index is 0.249. The van der Waals surface area contributed by atoms with Crippen LogP contribution < -0.4 is 4.84 Å². The van der Waals surface area contributed by atoms with Crippen molar-refractivity contribution in [2.75, 3.05) is 6.61 Å². The lowest BCUT2D eigenvalue weighted by Crippen LogP contribution is -2.19. The lowest BCUT2D eigenvalue weighted by atomic mass is 9.94. The smallest absolute Gasteiger partial charge is 0.142 e. The zero-order chi connectivity index (χ0) is 16.1. The summed E-state index contributed by atoms with van der Waals surface area (Å²) in [5.41, 5.74) is 1.26. The molecule has 0 aliphatic carbocycles. The summed E-state index contributed by atoms with van der Waals surface area (Å²) < 4.78 is 2.32. The Kier molecular flexibility index (Phi) is 4.89. The third kappa shape index (κ3) is 3.69. The van der Waals surface area contributed by atoms with Gasteiger partial charge < -0.3 is 4.84 Å². The lowest BCUT2D eigenvalue weighted by Gasteiger charge is -2.18. The molecule has 0 aliphatic heterocycles. The molecule has 2 aromatic carbocycles. The fourth-order valence-corrected chi connectivity index (χ4v) is 2.84. The molecule has 0 aliphatic rings. The average molecular weight is 321 g/mol. The van der Waals surface area contributed by atoms with Gasteiger partial charge >= 0.3 is 0 Å². The van der Waals surface area contributed by atoms with Gasteiger partial charge in [-0.25, -0.2) is 0 Å². The molecule has 3 rings (SSSR count). The van der Waals surface area contributed by atoms with Crippen molar-refractivity contribution in [2.45, 2.75) is 12.3 Å². The lowest BCUT2D eigenvalue weighted by molar-refractivity contribution is 0.0938. The minimum atomic E-state index is 0.249. The maximum absolute atomic E-state index is 5.88. The van der Waals surface area contributed by atoms with E-state index < -0.39 is 0 Å². The van der Waals surface area contributed by atoms with E-state index >= 15 is 0 Å². The maximum Gasteiger partial charge on any atom is 0.142 e. The van der Waals surface area contributed by atoms with Gasteiger partial charge in [-0.15, -0.1) is 6.58 Å². The van der Waals surface area contributed by atoms with E-state index in [1.165, 1.54) is 16.3 Å². The van der Waals surface area contributed by atoms with Gasteiger partial charge in [-0.2, -0.15) is 4.73 Å². The van der Waals surface area contributed by atoms with Gasteiger partial charge in [0.1, 0.15) is 11.2 Å². The highest BCUT2D eigenvalue weighted by atomic mass is 32.1. The van der Waals surface area contributed by atoms with E-state index in [1.807, 2.05) is 30.5 Å². The molecule has 0 amide bonds. The van der Waals surface area contributed by atoms with Crippen molar-refractivity contribution >= 4 is 23.0 Å². The second-order valence-corrected chi connectivity index (χ2v) is 5.91. The van der Waals surface area contributed by atoms with Crippen LogP contribution in [0.3, 0.4) is 0 Å². The highest BCUT2D eigenvalue weighted by Gasteiger charge is 2.12. The molecule has 1 heterocycles. The molecule has 116 valence electrons. The van der Waals surface area contributed by atoms with Crippen molar-refractivity contribution in [1.29, 1.82) is 0 Å². The van der Waals surface area contributed by atoms with Gasteiger partial charge in [0, 0.05) is 12.1 Å². The molecule has 0 radical (unpaired) electrons. The van der Waals surface area contributed by atoms with Crippen molar-refractivity contribution in [3.05, 3.63) is 89.7 Å². The first-order chi connectivity index (χ1) is 11.3. The quantitative estimate of drug-likeness (QED) is 0.460. The van der Waals surface area contributed by atoms with Crippen LogP contribution in [0.4, 0.5) is 0 Å². The Bertz CT molecular complexity index is 868. The predicted octanol–water partition coefficient (Wildman–Crippen LogP) is 5.16. The highest BCUT2D eigenvalue weighted by molar-refractivity contribution is 7.71. The number of fused-ring (bicyclic) bond motifs is 1. The van der Waals surface area contributed by atoms with Crippen molar-refractivity contribution in [3.63, 3.8) is 0 Å². The van der Waals surface area contributed by atoms with Gasteiger partial charge in [-0.05, 0) is 34.9 Å². The largest absolute Gasteiger partial charge is 0.412 e. The van der Waals surface area contributed by atoms with Crippen LogP contribution in [0.15, 0.2) is 79.5 Å². The summed E-state index contributed by atoms with van der Waals surface area (Å²) >= 11 is 5.27. The van der Waals surface area contributed by atoms with Crippen LogP contribution in [-0.4, -0.2) is 11.3 Å². The molecule has 1 atom stereocenters. The van der Waals surface area contributed by atoms with Crippen LogP contribution in [0, 0.1) is 4.64 Å². The molecule has 2 nitrogen and oxygen atoms in total. The van der Waals surface area contributed by atoms with Gasteiger partial charge in [-0.1, -0.05) is 66.8 Å². The fourth-order valence-electron chi connectivity index (χ4n) is 2.65. The molecule has 0 bridgehead atoms. The summed E-state index contributed by atoms with van der Waals surface area (Å²) in [4.78, 5) is 5.88. The zero-order valence-electron chi connectivity index (χ0n) is 12.9. The number of benzene rings is 2. The summed E-state index contributed by atoms with van der Waals surface area (Å²) in [6, 6.07) is 20.6. The summed E-state index contributed by atoms with van der Waals surface area (Å²) in [7, 11) is 0. The van der Waals surface area contributed by atoms with Crippen LogP contribution >= 0.6 is 12.2 Å². The van der Waals surface area contributed by atoms with E-state index in [4.69, 9.17) is 17.1 Å². The first kappa shape index (κ1) is 15.5. The fraction of sp³-hybridized carbons (Fsp3) is 0.150. The second-order valence-electron chi connectivity index (χ2n) is 5.49. The highest BCUT2D eigenvalue weighted by Crippen LogP contribution is 2.24. The van der Waals surface area contributed by atoms with Crippen molar-refractivity contribution in [2.24, 2.45) is 0 Å². The van der Waals surface area contributed by atoms with Gasteiger partial charge in [0.25, 0.3) is 0 Å². The molecule has 0 saturated carbocycles. The Morgan fingerprint density at radius 3 is 2.61 bits per heavy atom. The summed E-state index contributed by atoms with van der Waals surface area (Å²) in [6.07, 6.45) is 4.64. The number of nitrogens with zero attached hydrogens (tertiary/aromatic N) is 1. The number of rotatable bonds is 6. The maximum atomic E-state index is 5.88. The molecule has 3 heteroatoms. The van der Waals surface area contributed by atoms with Crippen LogP contribution in [0.5, 0.6) is 0 Å². The Morgan fingerprint density at radius 2 is 1.83 bits per heavy atom. The first-order valence-corrected chi connectivity index (χ1v) is 8.09. The van der Waals surface area contributed by atoms with Crippen molar-refractivity contribution < 1.29 is 4.84 Å². The molecule has 0 spiro atoms. The van der Waals surface area contributed by atoms with Gasteiger partial charge in [0.05, 0.1) is 0 Å². The third-order valence-corrected chi connectivity index (χ3v) is 4.22. The molecular weight excluding hydrogens is 302 g/mol. The number of hydrogen-bond donors (Lipinski definition) is 0. The monoisotopic (exact) mass is 321 g/mol. The molecule has 0 saturated heterocycles. The Morgan fingerprint density at radius 1 is 1.04 bits per heavy atom. The summed E-state index contributed by atoms with van der Waals surface area (Å²) in [5, 5.41) is 2.50. The van der Waals surface area contributed by atoms with E-state index in [2.05, 4.69) is 49.0 Å². The zero-order valence-corrected chi connectivity index (χ0v) is 13.7. The van der Waals surface area contributed by atoms with E-state index in [0.717, 1.165) is 6.42 Å². The third-order valence-electron chi connectivity index (χ3n) is 3.90. The van der Waals surface area contributed by atoms with Crippen molar-refractivity contribution in [1.82, 2.24) is 4.73 Å². The van der Waals surface area contributed by atoms with Crippen molar-refractivity contribution in [3.8, 4) is 0 Å². The average Bonchev–Trinajstić information content (AvgIpc) is 2.59. The number of aromatic nitrogens is 1. The van der Waals surface area contributed by atoms with Crippen LogP contribution in [-0.2, 0) is 0 Å². The Hall–Kier alpha value is -2.39. The SMILES string of the molecule is C=CCC(COn1ccccc1=S)c1ccc2ccccc2c1. The number of hydrogen-bond acceptors (Lipinski definition) is 2. The van der Waals surface area contributed by atoms with E-state index in [0.29, 0.717) is 11.2 Å². The Labute approximate surface area is 141 Å². The second kappa shape index (κ2) is 7.25.